The van der Waals surface area contributed by atoms with Crippen molar-refractivity contribution >= 4 is 0 Å². The molecule has 1 aliphatic rings. The van der Waals surface area contributed by atoms with Crippen LogP contribution in [0.1, 0.15) is 57.6 Å². The normalized spacial score (nSPS) is 14.9. The molecule has 0 bridgehead atoms. The highest BCUT2D eigenvalue weighted by Gasteiger charge is 2.39. The first-order valence-corrected chi connectivity index (χ1v) is 9.17. The van der Waals surface area contributed by atoms with Crippen LogP contribution < -0.4 is 0 Å². The largest absolute Gasteiger partial charge is 0.0689 e. The molecule has 0 atom stereocenters. The highest BCUT2D eigenvalue weighted by atomic mass is 14.4. The first-order chi connectivity index (χ1) is 11.7. The Kier molecular flexibility index (Phi) is 5.04. The van der Waals surface area contributed by atoms with Gasteiger partial charge in [-0.3, -0.25) is 0 Å². The van der Waals surface area contributed by atoms with Crippen molar-refractivity contribution in [3.05, 3.63) is 94.6 Å². The predicted molar refractivity (Wildman–Crippen MR) is 104 cm³/mol. The van der Waals surface area contributed by atoms with Crippen LogP contribution in [-0.4, -0.2) is 0 Å². The molecule has 0 aromatic heterocycles. The fourth-order valence-electron chi connectivity index (χ4n) is 4.26. The Labute approximate surface area is 146 Å². The van der Waals surface area contributed by atoms with Crippen molar-refractivity contribution in [2.75, 3.05) is 0 Å². The van der Waals surface area contributed by atoms with E-state index in [1.165, 1.54) is 41.5 Å². The third-order valence-corrected chi connectivity index (χ3v) is 5.35. The van der Waals surface area contributed by atoms with Crippen molar-refractivity contribution < 1.29 is 0 Å². The van der Waals surface area contributed by atoms with Gasteiger partial charge in [0.2, 0.25) is 0 Å². The zero-order valence-corrected chi connectivity index (χ0v) is 15.2. The highest BCUT2D eigenvalue weighted by Crippen LogP contribution is 2.49. The number of hydrogen-bond acceptors (Lipinski definition) is 0. The van der Waals surface area contributed by atoms with Crippen molar-refractivity contribution in [1.82, 2.24) is 0 Å². The monoisotopic (exact) mass is 316 g/mol. The van der Waals surface area contributed by atoms with Gasteiger partial charge in [-0.2, -0.15) is 0 Å². The molecule has 0 heterocycles. The van der Waals surface area contributed by atoms with Gasteiger partial charge in [0.1, 0.15) is 0 Å². The van der Waals surface area contributed by atoms with E-state index in [0.717, 1.165) is 6.42 Å². The van der Waals surface area contributed by atoms with Crippen LogP contribution in [0, 0.1) is 0 Å². The van der Waals surface area contributed by atoms with Gasteiger partial charge in [-0.1, -0.05) is 97.7 Å². The average Bonchev–Trinajstić information content (AvgIpc) is 2.96. The lowest BCUT2D eigenvalue weighted by molar-refractivity contribution is 0.508. The molecule has 0 fully saturated rings. The van der Waals surface area contributed by atoms with Gasteiger partial charge in [-0.15, -0.1) is 0 Å². The summed E-state index contributed by atoms with van der Waals surface area (Å²) in [6, 6.07) is 22.2. The average molecular weight is 316 g/mol. The zero-order chi connectivity index (χ0) is 17.0. The summed E-state index contributed by atoms with van der Waals surface area (Å²) in [5.41, 5.74) is 7.39. The smallest absolute Gasteiger partial charge is 0.0419 e. The summed E-state index contributed by atoms with van der Waals surface area (Å²) < 4.78 is 0. The third kappa shape index (κ3) is 2.98. The molecule has 0 saturated carbocycles. The van der Waals surface area contributed by atoms with E-state index >= 15 is 0 Å². The van der Waals surface area contributed by atoms with E-state index < -0.39 is 0 Å². The quantitative estimate of drug-likeness (QED) is 0.548. The Morgan fingerprint density at radius 3 is 1.79 bits per heavy atom. The molecule has 0 radical (unpaired) electrons. The van der Waals surface area contributed by atoms with Crippen LogP contribution >= 0.6 is 0 Å². The minimum absolute atomic E-state index is 0.00310. The lowest BCUT2D eigenvalue weighted by atomic mass is 9.64. The minimum atomic E-state index is -0.00310. The molecule has 24 heavy (non-hydrogen) atoms. The molecule has 0 spiro atoms. The van der Waals surface area contributed by atoms with Gasteiger partial charge in [0, 0.05) is 5.41 Å². The molecule has 0 amide bonds. The molecular formula is C24H28. The summed E-state index contributed by atoms with van der Waals surface area (Å²) in [7, 11) is 0. The fraction of sp³-hybridized carbons (Fsp3) is 0.333. The summed E-state index contributed by atoms with van der Waals surface area (Å²) >= 11 is 0. The second kappa shape index (κ2) is 7.21. The summed E-state index contributed by atoms with van der Waals surface area (Å²) in [4.78, 5) is 0. The third-order valence-electron chi connectivity index (χ3n) is 5.35. The standard InChI is InChI=1S/C24H28/c1-4-5-16-24(21-12-8-6-9-13-21,22-14-10-7-11-15-22)23-18-19(2)17-20(23)3/h6-15,17H,4-5,16,18H2,1-3H3. The molecule has 0 aliphatic heterocycles. The highest BCUT2D eigenvalue weighted by molar-refractivity contribution is 5.55. The molecule has 2 aromatic carbocycles. The van der Waals surface area contributed by atoms with E-state index in [1.807, 2.05) is 0 Å². The maximum atomic E-state index is 2.38. The maximum absolute atomic E-state index is 2.38. The molecule has 3 rings (SSSR count). The van der Waals surface area contributed by atoms with Gasteiger partial charge in [0.25, 0.3) is 0 Å². The van der Waals surface area contributed by atoms with Gasteiger partial charge in [0.05, 0.1) is 0 Å². The molecule has 0 N–H and O–H groups in total. The van der Waals surface area contributed by atoms with E-state index in [2.05, 4.69) is 87.5 Å². The first-order valence-electron chi connectivity index (χ1n) is 9.17. The van der Waals surface area contributed by atoms with Crippen molar-refractivity contribution in [3.8, 4) is 0 Å². The fourth-order valence-corrected chi connectivity index (χ4v) is 4.26. The molecule has 0 heteroatoms. The molecule has 0 nitrogen and oxygen atoms in total. The van der Waals surface area contributed by atoms with Crippen LogP contribution in [0.25, 0.3) is 0 Å². The van der Waals surface area contributed by atoms with E-state index in [1.54, 1.807) is 5.57 Å². The van der Waals surface area contributed by atoms with Crippen LogP contribution in [0.5, 0.6) is 0 Å². The Bertz CT molecular complexity index is 693. The van der Waals surface area contributed by atoms with Crippen LogP contribution in [0.3, 0.4) is 0 Å². The summed E-state index contributed by atoms with van der Waals surface area (Å²) in [5.74, 6) is 0. The number of benzene rings is 2. The second-order valence-electron chi connectivity index (χ2n) is 7.07. The molecule has 2 aromatic rings. The van der Waals surface area contributed by atoms with Gasteiger partial charge >= 0.3 is 0 Å². The van der Waals surface area contributed by atoms with Gasteiger partial charge in [0.15, 0.2) is 0 Å². The SMILES string of the molecule is CCCCC(C1=C(C)C=C(C)C1)(c1ccccc1)c1ccccc1. The molecule has 0 unspecified atom stereocenters. The Hall–Kier alpha value is -2.08. The van der Waals surface area contributed by atoms with Crippen LogP contribution in [0.4, 0.5) is 0 Å². The molecule has 1 aliphatic carbocycles. The Morgan fingerprint density at radius 1 is 0.833 bits per heavy atom. The number of hydrogen-bond donors (Lipinski definition) is 0. The van der Waals surface area contributed by atoms with Crippen molar-refractivity contribution in [1.29, 1.82) is 0 Å². The van der Waals surface area contributed by atoms with Gasteiger partial charge in [-0.05, 0) is 43.4 Å². The van der Waals surface area contributed by atoms with Gasteiger partial charge in [-0.25, -0.2) is 0 Å². The number of rotatable bonds is 6. The van der Waals surface area contributed by atoms with E-state index in [0.29, 0.717) is 0 Å². The number of unbranched alkanes of at least 4 members (excludes halogenated alkanes) is 1. The minimum Gasteiger partial charge on any atom is -0.0689 e. The Morgan fingerprint density at radius 2 is 1.38 bits per heavy atom. The predicted octanol–water partition coefficient (Wildman–Crippen LogP) is 6.83. The lowest BCUT2D eigenvalue weighted by Crippen LogP contribution is -2.30. The second-order valence-corrected chi connectivity index (χ2v) is 7.07. The lowest BCUT2D eigenvalue weighted by Gasteiger charge is -2.38. The molecule has 124 valence electrons. The van der Waals surface area contributed by atoms with Crippen molar-refractivity contribution in [3.63, 3.8) is 0 Å². The zero-order valence-electron chi connectivity index (χ0n) is 15.2. The first kappa shape index (κ1) is 16.8. The van der Waals surface area contributed by atoms with E-state index in [4.69, 9.17) is 0 Å². The maximum Gasteiger partial charge on any atom is 0.0419 e. The molecular weight excluding hydrogens is 288 g/mol. The van der Waals surface area contributed by atoms with Crippen molar-refractivity contribution in [2.45, 2.75) is 51.9 Å². The van der Waals surface area contributed by atoms with Crippen LogP contribution in [0.15, 0.2) is 83.5 Å². The van der Waals surface area contributed by atoms with E-state index in [9.17, 15) is 0 Å². The van der Waals surface area contributed by atoms with Crippen LogP contribution in [0.2, 0.25) is 0 Å². The van der Waals surface area contributed by atoms with E-state index in [-0.39, 0.29) is 5.41 Å². The summed E-state index contributed by atoms with van der Waals surface area (Å²) in [6.07, 6.45) is 7.10. The summed E-state index contributed by atoms with van der Waals surface area (Å²) in [5, 5.41) is 0. The molecule has 0 saturated heterocycles. The van der Waals surface area contributed by atoms with Gasteiger partial charge < -0.3 is 0 Å². The topological polar surface area (TPSA) is 0 Å². The van der Waals surface area contributed by atoms with Crippen LogP contribution in [-0.2, 0) is 5.41 Å². The number of allylic oxidation sites excluding steroid dienone is 4. The summed E-state index contributed by atoms with van der Waals surface area (Å²) in [6.45, 7) is 6.84. The Balaban J connectivity index is 2.24. The van der Waals surface area contributed by atoms with Crippen molar-refractivity contribution in [2.24, 2.45) is 0 Å².